The van der Waals surface area contributed by atoms with Crippen molar-refractivity contribution in [3.8, 4) is 0 Å². The van der Waals surface area contributed by atoms with Gasteiger partial charge in [-0.1, -0.05) is 0 Å². The van der Waals surface area contributed by atoms with Crippen molar-refractivity contribution < 1.29 is 24.2 Å². The smallest absolute Gasteiger partial charge is 0.408 e. The number of nitrogens with zero attached hydrogens (tertiary/aromatic N) is 1. The van der Waals surface area contributed by atoms with Gasteiger partial charge >= 0.3 is 12.1 Å². The molecule has 1 saturated heterocycles. The van der Waals surface area contributed by atoms with Gasteiger partial charge in [0, 0.05) is 6.54 Å². The van der Waals surface area contributed by atoms with E-state index < -0.39 is 29.2 Å². The van der Waals surface area contributed by atoms with Gasteiger partial charge in [0.15, 0.2) is 5.11 Å². The Morgan fingerprint density at radius 1 is 1.42 bits per heavy atom. The largest absolute Gasteiger partial charge is 0.480 e. The summed E-state index contributed by atoms with van der Waals surface area (Å²) in [7, 11) is 0. The summed E-state index contributed by atoms with van der Waals surface area (Å²) in [5, 5.41) is 14.8. The number of carboxylic acid groups (broad SMARTS) is 1. The number of rotatable bonds is 6. The van der Waals surface area contributed by atoms with Crippen LogP contribution >= 0.6 is 12.2 Å². The first-order chi connectivity index (χ1) is 10.8. The van der Waals surface area contributed by atoms with E-state index in [2.05, 4.69) is 10.6 Å². The molecule has 1 fully saturated rings. The highest BCUT2D eigenvalue weighted by molar-refractivity contribution is 7.80. The molecular weight excluding hydrogens is 334 g/mol. The Balaban J connectivity index is 2.53. The zero-order valence-corrected chi connectivity index (χ0v) is 15.5. The number of hydrogen-bond donors (Lipinski definition) is 3. The molecule has 0 aliphatic carbocycles. The minimum absolute atomic E-state index is 0.153. The fourth-order valence-corrected chi connectivity index (χ4v) is 2.61. The summed E-state index contributed by atoms with van der Waals surface area (Å²) >= 11 is 5.11. The van der Waals surface area contributed by atoms with Crippen molar-refractivity contribution in [2.45, 2.75) is 64.6 Å². The quantitative estimate of drug-likeness (QED) is 0.612. The van der Waals surface area contributed by atoms with E-state index in [1.807, 2.05) is 0 Å². The van der Waals surface area contributed by atoms with Crippen molar-refractivity contribution in [2.24, 2.45) is 0 Å². The van der Waals surface area contributed by atoms with Crippen LogP contribution in [0.2, 0.25) is 0 Å². The Bertz CT molecular complexity index is 542. The number of carbonyl (C=O) groups is 3. The van der Waals surface area contributed by atoms with E-state index in [1.165, 1.54) is 4.90 Å². The van der Waals surface area contributed by atoms with Crippen molar-refractivity contribution >= 4 is 35.3 Å². The molecule has 0 unspecified atom stereocenters. The van der Waals surface area contributed by atoms with Gasteiger partial charge in [-0.15, -0.1) is 0 Å². The number of thiocarbonyl (C=S) groups is 1. The molecule has 136 valence electrons. The molecule has 1 aliphatic rings. The highest BCUT2D eigenvalue weighted by Crippen LogP contribution is 2.17. The maximum atomic E-state index is 12.2. The van der Waals surface area contributed by atoms with Crippen molar-refractivity contribution in [3.63, 3.8) is 0 Å². The van der Waals surface area contributed by atoms with Gasteiger partial charge in [0.2, 0.25) is 0 Å². The average Bonchev–Trinajstić information content (AvgIpc) is 2.56. The normalized spacial score (nSPS) is 18.1. The van der Waals surface area contributed by atoms with E-state index in [-0.39, 0.29) is 18.9 Å². The lowest BCUT2D eigenvalue weighted by atomic mass is 10.1. The van der Waals surface area contributed by atoms with Crippen LogP contribution in [0.25, 0.3) is 0 Å². The fourth-order valence-electron chi connectivity index (χ4n) is 2.18. The summed E-state index contributed by atoms with van der Waals surface area (Å²) in [5.41, 5.74) is -1.46. The van der Waals surface area contributed by atoms with Gasteiger partial charge in [0.25, 0.3) is 5.91 Å². The first-order valence-corrected chi connectivity index (χ1v) is 8.11. The maximum Gasteiger partial charge on any atom is 0.408 e. The minimum atomic E-state index is -1.16. The molecule has 1 aliphatic heterocycles. The van der Waals surface area contributed by atoms with Gasteiger partial charge in [0.05, 0.1) is 0 Å². The van der Waals surface area contributed by atoms with Gasteiger partial charge in [-0.25, -0.2) is 9.59 Å². The van der Waals surface area contributed by atoms with Crippen molar-refractivity contribution in [2.75, 3.05) is 6.54 Å². The number of hydrogen-bond acceptors (Lipinski definition) is 5. The number of carbonyl (C=O) groups excluding carboxylic acids is 2. The van der Waals surface area contributed by atoms with Gasteiger partial charge in [-0.3, -0.25) is 9.69 Å². The third-order valence-electron chi connectivity index (χ3n) is 3.31. The van der Waals surface area contributed by atoms with Gasteiger partial charge in [-0.05, 0) is 59.7 Å². The molecule has 2 amide bonds. The molecule has 3 N–H and O–H groups in total. The highest BCUT2D eigenvalue weighted by atomic mass is 32.1. The van der Waals surface area contributed by atoms with E-state index in [1.54, 1.807) is 34.6 Å². The van der Waals surface area contributed by atoms with E-state index in [0.29, 0.717) is 11.5 Å². The number of ether oxygens (including phenoxy) is 1. The molecule has 9 heteroatoms. The number of aliphatic carboxylic acids is 1. The van der Waals surface area contributed by atoms with Crippen molar-refractivity contribution in [1.29, 1.82) is 0 Å². The predicted octanol–water partition coefficient (Wildman–Crippen LogP) is 1.24. The predicted molar refractivity (Wildman–Crippen MR) is 91.6 cm³/mol. The molecule has 1 rings (SSSR count). The van der Waals surface area contributed by atoms with Gasteiger partial charge < -0.3 is 20.5 Å². The Morgan fingerprint density at radius 3 is 2.42 bits per heavy atom. The Kier molecular flexibility index (Phi) is 6.15. The van der Waals surface area contributed by atoms with Crippen LogP contribution in [0, 0.1) is 0 Å². The second kappa shape index (κ2) is 7.33. The van der Waals surface area contributed by atoms with Gasteiger partial charge in [-0.2, -0.15) is 0 Å². The first kappa shape index (κ1) is 20.1. The molecule has 24 heavy (non-hydrogen) atoms. The Morgan fingerprint density at radius 2 is 2.00 bits per heavy atom. The van der Waals surface area contributed by atoms with Crippen LogP contribution in [-0.4, -0.2) is 56.8 Å². The first-order valence-electron chi connectivity index (χ1n) is 7.70. The van der Waals surface area contributed by atoms with Crippen LogP contribution in [0.15, 0.2) is 0 Å². The van der Waals surface area contributed by atoms with Gasteiger partial charge in [0.1, 0.15) is 17.2 Å². The van der Waals surface area contributed by atoms with E-state index in [9.17, 15) is 19.5 Å². The summed E-state index contributed by atoms with van der Waals surface area (Å²) in [5.74, 6) is -1.31. The Hall–Kier alpha value is -1.90. The SMILES string of the molecule is CC(C)(C)OC(=O)N[C@@H](CCCN1C(=O)C(C)(C)NC1=S)C(=O)O. The lowest BCUT2D eigenvalue weighted by Crippen LogP contribution is -2.44. The molecule has 0 saturated carbocycles. The molecule has 0 radical (unpaired) electrons. The standard InChI is InChI=1S/C15H25N3O5S/c1-14(2,3)23-13(22)16-9(10(19)20)7-6-8-18-11(21)15(4,5)17-12(18)24/h9H,6-8H2,1-5H3,(H,16,22)(H,17,24)(H,19,20)/t9-/m0/s1. The Labute approximate surface area is 146 Å². The summed E-state index contributed by atoms with van der Waals surface area (Å²) in [6.07, 6.45) is -0.261. The second-order valence-corrected chi connectivity index (χ2v) is 7.58. The second-order valence-electron chi connectivity index (χ2n) is 7.19. The number of alkyl carbamates (subject to hydrolysis) is 1. The highest BCUT2D eigenvalue weighted by Gasteiger charge is 2.41. The molecule has 0 spiro atoms. The third kappa shape index (κ3) is 5.63. The lowest BCUT2D eigenvalue weighted by Gasteiger charge is -2.22. The molecule has 0 aromatic carbocycles. The molecule has 1 atom stereocenters. The molecule has 0 bridgehead atoms. The van der Waals surface area contributed by atoms with E-state index in [4.69, 9.17) is 17.0 Å². The van der Waals surface area contributed by atoms with Crippen LogP contribution in [0.3, 0.4) is 0 Å². The van der Waals surface area contributed by atoms with Crippen LogP contribution in [0.1, 0.15) is 47.5 Å². The van der Waals surface area contributed by atoms with Crippen LogP contribution in [0.4, 0.5) is 4.79 Å². The molecular formula is C15H25N3O5S. The summed E-state index contributed by atoms with van der Waals surface area (Å²) in [6.45, 7) is 8.82. The molecule has 0 aromatic heterocycles. The summed E-state index contributed by atoms with van der Waals surface area (Å²) in [4.78, 5) is 36.5. The molecule has 0 aromatic rings. The number of carboxylic acids is 1. The van der Waals surface area contributed by atoms with Crippen molar-refractivity contribution in [1.82, 2.24) is 15.5 Å². The number of nitrogens with one attached hydrogen (secondary N) is 2. The van der Waals surface area contributed by atoms with Crippen LogP contribution in [-0.2, 0) is 14.3 Å². The zero-order valence-electron chi connectivity index (χ0n) is 14.6. The van der Waals surface area contributed by atoms with Crippen LogP contribution < -0.4 is 10.6 Å². The zero-order chi connectivity index (χ0) is 18.7. The minimum Gasteiger partial charge on any atom is -0.480 e. The fraction of sp³-hybridized carbons (Fsp3) is 0.733. The van der Waals surface area contributed by atoms with E-state index in [0.717, 1.165) is 0 Å². The van der Waals surface area contributed by atoms with Crippen LogP contribution in [0.5, 0.6) is 0 Å². The number of amides is 2. The topological polar surface area (TPSA) is 108 Å². The van der Waals surface area contributed by atoms with Crippen molar-refractivity contribution in [3.05, 3.63) is 0 Å². The lowest BCUT2D eigenvalue weighted by molar-refractivity contribution is -0.139. The summed E-state index contributed by atoms with van der Waals surface area (Å²) < 4.78 is 5.05. The molecule has 8 nitrogen and oxygen atoms in total. The van der Waals surface area contributed by atoms with E-state index >= 15 is 0 Å². The molecule has 1 heterocycles. The summed E-state index contributed by atoms with van der Waals surface area (Å²) in [6, 6.07) is -1.09. The maximum absolute atomic E-state index is 12.2. The monoisotopic (exact) mass is 359 g/mol. The average molecular weight is 359 g/mol. The third-order valence-corrected chi connectivity index (χ3v) is 3.63.